The minimum atomic E-state index is 0.574. The Morgan fingerprint density at radius 1 is 1.10 bits per heavy atom. The average Bonchev–Trinajstić information content (AvgIpc) is 2.27. The van der Waals surface area contributed by atoms with Crippen LogP contribution >= 0.6 is 0 Å². The fraction of sp³-hybridized carbons (Fsp3) is 0. The van der Waals surface area contributed by atoms with Crippen LogP contribution in [0.15, 0.2) is 24.3 Å². The van der Waals surface area contributed by atoms with Gasteiger partial charge < -0.3 is 0 Å². The summed E-state index contributed by atoms with van der Waals surface area (Å²) in [6, 6.07) is 7.26. The van der Waals surface area contributed by atoms with Gasteiger partial charge in [0.1, 0.15) is 11.0 Å². The molecule has 4 nitrogen and oxygen atoms in total. The number of nitrogens with zero attached hydrogens (tertiary/aromatic N) is 4. The fourth-order valence-corrected chi connectivity index (χ4v) is 0.848. The van der Waals surface area contributed by atoms with Crippen molar-refractivity contribution in [3.8, 4) is 0 Å². The van der Waals surface area contributed by atoms with Gasteiger partial charge in [-0.1, -0.05) is 12.1 Å². The van der Waals surface area contributed by atoms with E-state index in [0.717, 1.165) is 0 Å². The molecule has 1 aromatic carbocycles. The van der Waals surface area contributed by atoms with Crippen molar-refractivity contribution < 1.29 is 0 Å². The first-order valence-electron chi connectivity index (χ1n) is 2.87. The summed E-state index contributed by atoms with van der Waals surface area (Å²) < 4.78 is 0. The molecule has 0 fully saturated rings. The van der Waals surface area contributed by atoms with Crippen LogP contribution in [-0.2, 0) is 0 Å². The Kier molecular flexibility index (Phi) is 0.887. The molecule has 0 atom stereocenters. The van der Waals surface area contributed by atoms with E-state index in [1.807, 2.05) is 12.1 Å². The standard InChI is InChI=1S/C6H4N4/c7-10-8-5-3-1-2-4-6(5)9-10/h1-4H. The Morgan fingerprint density at radius 2 is 1.60 bits per heavy atom. The zero-order valence-electron chi connectivity index (χ0n) is 5.10. The van der Waals surface area contributed by atoms with Crippen molar-refractivity contribution in [3.05, 3.63) is 24.3 Å². The normalized spacial score (nSPS) is 10.4. The molecule has 0 bridgehead atoms. The highest BCUT2D eigenvalue weighted by Crippen LogP contribution is 2.04. The maximum absolute atomic E-state index is 8.75. The number of benzene rings is 1. The van der Waals surface area contributed by atoms with Crippen LogP contribution in [0.2, 0.25) is 0 Å². The molecule has 0 spiro atoms. The summed E-state index contributed by atoms with van der Waals surface area (Å²) in [5, 5.41) is 7.35. The lowest BCUT2D eigenvalue weighted by Crippen LogP contribution is -1.96. The molecule has 10 heavy (non-hydrogen) atoms. The van der Waals surface area contributed by atoms with Gasteiger partial charge in [0.2, 0.25) is 0 Å². The van der Waals surface area contributed by atoms with Crippen molar-refractivity contribution in [2.24, 2.45) is 0 Å². The number of rotatable bonds is 0. The van der Waals surface area contributed by atoms with Gasteiger partial charge in [0.05, 0.1) is 0 Å². The Hall–Kier alpha value is -1.58. The quantitative estimate of drug-likeness (QED) is 0.516. The van der Waals surface area contributed by atoms with E-state index in [9.17, 15) is 0 Å². The lowest BCUT2D eigenvalue weighted by atomic mass is 10.3. The number of hydrogen-bond donors (Lipinski definition) is 0. The van der Waals surface area contributed by atoms with E-state index in [2.05, 4.69) is 10.2 Å². The van der Waals surface area contributed by atoms with Gasteiger partial charge in [0, 0.05) is 0 Å². The van der Waals surface area contributed by atoms with Crippen LogP contribution in [0.4, 0.5) is 0 Å². The lowest BCUT2D eigenvalue weighted by molar-refractivity contribution is 0.615. The first-order chi connectivity index (χ1) is 4.86. The SMILES string of the molecule is [N]n1nc2ccccc2n1. The van der Waals surface area contributed by atoms with Gasteiger partial charge in [-0.2, -0.15) is 0 Å². The van der Waals surface area contributed by atoms with E-state index in [0.29, 0.717) is 15.9 Å². The first kappa shape index (κ1) is 5.22. The molecule has 2 radical (unpaired) electrons. The van der Waals surface area contributed by atoms with Crippen molar-refractivity contribution in [2.75, 3.05) is 0 Å². The van der Waals surface area contributed by atoms with Crippen molar-refractivity contribution in [2.45, 2.75) is 0 Å². The van der Waals surface area contributed by atoms with E-state index in [1.54, 1.807) is 12.1 Å². The van der Waals surface area contributed by atoms with Gasteiger partial charge in [-0.25, -0.2) is 0 Å². The molecule has 0 aliphatic heterocycles. The highest BCUT2D eigenvalue weighted by molar-refractivity contribution is 5.72. The fourth-order valence-electron chi connectivity index (χ4n) is 0.848. The van der Waals surface area contributed by atoms with Crippen molar-refractivity contribution in [1.82, 2.24) is 20.9 Å². The van der Waals surface area contributed by atoms with Crippen molar-refractivity contribution >= 4 is 11.0 Å². The van der Waals surface area contributed by atoms with Gasteiger partial charge in [-0.3, -0.25) is 0 Å². The number of fused-ring (bicyclic) bond motifs is 1. The highest BCUT2D eigenvalue weighted by atomic mass is 15.6. The van der Waals surface area contributed by atoms with Gasteiger partial charge in [-0.15, -0.1) is 10.2 Å². The second-order valence-electron chi connectivity index (χ2n) is 1.96. The van der Waals surface area contributed by atoms with Crippen LogP contribution < -0.4 is 5.84 Å². The van der Waals surface area contributed by atoms with E-state index < -0.39 is 0 Å². The predicted octanol–water partition coefficient (Wildman–Crippen LogP) is 0.263. The molecule has 2 aromatic rings. The minimum absolute atomic E-state index is 0.574. The summed E-state index contributed by atoms with van der Waals surface area (Å²) in [5.74, 6) is 8.75. The third-order valence-electron chi connectivity index (χ3n) is 1.28. The van der Waals surface area contributed by atoms with E-state index in [1.165, 1.54) is 0 Å². The molecule has 0 aliphatic rings. The monoisotopic (exact) mass is 132 g/mol. The van der Waals surface area contributed by atoms with E-state index >= 15 is 0 Å². The molecule has 0 N–H and O–H groups in total. The van der Waals surface area contributed by atoms with Gasteiger partial charge in [0.25, 0.3) is 0 Å². The van der Waals surface area contributed by atoms with E-state index in [4.69, 9.17) is 5.84 Å². The van der Waals surface area contributed by atoms with Crippen LogP contribution in [0.25, 0.3) is 11.0 Å². The van der Waals surface area contributed by atoms with Gasteiger partial charge >= 0.3 is 0 Å². The smallest absolute Gasteiger partial charge is 0.115 e. The molecular weight excluding hydrogens is 128 g/mol. The summed E-state index contributed by atoms with van der Waals surface area (Å²) in [6.45, 7) is 0. The molecule has 48 valence electrons. The molecule has 2 rings (SSSR count). The molecule has 0 aliphatic carbocycles. The largest absolute Gasteiger partial charge is 0.128 e. The number of aromatic nitrogens is 3. The Balaban J connectivity index is 2.88. The summed E-state index contributed by atoms with van der Waals surface area (Å²) in [7, 11) is 0. The van der Waals surface area contributed by atoms with Crippen molar-refractivity contribution in [1.29, 1.82) is 0 Å². The summed E-state index contributed by atoms with van der Waals surface area (Å²) >= 11 is 0. The Labute approximate surface area is 57.2 Å². The van der Waals surface area contributed by atoms with Crippen LogP contribution in [-0.4, -0.2) is 15.1 Å². The lowest BCUT2D eigenvalue weighted by Gasteiger charge is -1.77. The van der Waals surface area contributed by atoms with Crippen LogP contribution in [0.3, 0.4) is 0 Å². The second-order valence-corrected chi connectivity index (χ2v) is 1.96. The Bertz CT molecular complexity index is 318. The second kappa shape index (κ2) is 1.70. The van der Waals surface area contributed by atoms with Gasteiger partial charge in [-0.05, 0) is 22.9 Å². The summed E-state index contributed by atoms with van der Waals surface area (Å²) in [5.41, 5.74) is 1.40. The molecule has 1 aromatic heterocycles. The summed E-state index contributed by atoms with van der Waals surface area (Å²) in [4.78, 5) is 0.574. The van der Waals surface area contributed by atoms with Crippen LogP contribution in [0.5, 0.6) is 0 Å². The zero-order valence-corrected chi connectivity index (χ0v) is 5.10. The minimum Gasteiger partial charge on any atom is -0.128 e. The molecule has 0 saturated carbocycles. The third-order valence-corrected chi connectivity index (χ3v) is 1.28. The predicted molar refractivity (Wildman–Crippen MR) is 35.1 cm³/mol. The van der Waals surface area contributed by atoms with Crippen LogP contribution in [0, 0.1) is 0 Å². The maximum Gasteiger partial charge on any atom is 0.115 e. The molecule has 4 heteroatoms. The van der Waals surface area contributed by atoms with Crippen LogP contribution in [0.1, 0.15) is 0 Å². The first-order valence-corrected chi connectivity index (χ1v) is 2.87. The molecule has 1 heterocycles. The zero-order chi connectivity index (χ0) is 6.97. The summed E-state index contributed by atoms with van der Waals surface area (Å²) in [6.07, 6.45) is 0. The third kappa shape index (κ3) is 0.621. The molecule has 0 unspecified atom stereocenters. The Morgan fingerprint density at radius 3 is 2.10 bits per heavy atom. The average molecular weight is 132 g/mol. The molecule has 0 amide bonds. The van der Waals surface area contributed by atoms with Crippen molar-refractivity contribution in [3.63, 3.8) is 0 Å². The topological polar surface area (TPSA) is 53.0 Å². The van der Waals surface area contributed by atoms with E-state index in [-0.39, 0.29) is 0 Å². The maximum atomic E-state index is 8.75. The molecular formula is C6H4N4. The van der Waals surface area contributed by atoms with Gasteiger partial charge in [0.15, 0.2) is 0 Å². The molecule has 0 saturated heterocycles. The number of hydrogen-bond acceptors (Lipinski definition) is 2. The highest BCUT2D eigenvalue weighted by Gasteiger charge is 1.96.